The van der Waals surface area contributed by atoms with Crippen molar-refractivity contribution in [3.8, 4) is 28.8 Å². The Kier molecular flexibility index (Phi) is 9.58. The Morgan fingerprint density at radius 1 is 0.783 bits per heavy atom. The van der Waals surface area contributed by atoms with Crippen molar-refractivity contribution in [3.63, 3.8) is 0 Å². The average Bonchev–Trinajstić information content (AvgIpc) is 3.92. The summed E-state index contributed by atoms with van der Waals surface area (Å²) in [5.41, 5.74) is 10.6. The van der Waals surface area contributed by atoms with Crippen LogP contribution in [-0.2, 0) is 51.2 Å². The summed E-state index contributed by atoms with van der Waals surface area (Å²) < 4.78 is 9.81. The lowest BCUT2D eigenvalue weighted by atomic mass is 9.89. The van der Waals surface area contributed by atoms with Gasteiger partial charge in [-0.2, -0.15) is 5.26 Å². The van der Waals surface area contributed by atoms with Crippen molar-refractivity contribution in [2.75, 3.05) is 11.4 Å². The normalized spacial score (nSPS) is 16.7. The number of carbonyl (C=O) groups excluding carboxylic acids is 3. The molecule has 0 bridgehead atoms. The summed E-state index contributed by atoms with van der Waals surface area (Å²) >= 11 is 0. The van der Waals surface area contributed by atoms with Crippen LogP contribution in [0.1, 0.15) is 72.5 Å². The fourth-order valence-electron chi connectivity index (χ4n) is 9.09. The summed E-state index contributed by atoms with van der Waals surface area (Å²) in [5, 5.41) is 20.0. The molecule has 4 aromatic carbocycles. The molecule has 3 amide bonds. The summed E-state index contributed by atoms with van der Waals surface area (Å²) in [6.45, 7) is 7.15. The number of phenolic OH excluding ortho intramolecular Hbond substituents is 1. The first kappa shape index (κ1) is 38.5. The number of hydrogen-bond donors (Lipinski definition) is 1. The van der Waals surface area contributed by atoms with Gasteiger partial charge in [0.05, 0.1) is 11.3 Å². The zero-order valence-electron chi connectivity index (χ0n) is 34.4. The number of phenols is 1. The van der Waals surface area contributed by atoms with Crippen molar-refractivity contribution >= 4 is 29.1 Å². The molecule has 3 aliphatic rings. The molecule has 0 spiro atoms. The van der Waals surface area contributed by atoms with Gasteiger partial charge < -0.3 is 28.8 Å². The number of ether oxygens (including phenoxy) is 1. The Morgan fingerprint density at radius 2 is 1.50 bits per heavy atom. The number of aromatic hydroxyl groups is 1. The Hall–Kier alpha value is -7.06. The zero-order valence-corrected chi connectivity index (χ0v) is 34.4. The largest absolute Gasteiger partial charge is 0.508 e. The highest BCUT2D eigenvalue weighted by Crippen LogP contribution is 2.39. The number of anilines is 2. The second kappa shape index (κ2) is 15.0. The highest BCUT2D eigenvalue weighted by Gasteiger charge is 2.36. The monoisotopic (exact) mass is 798 g/mol. The Balaban J connectivity index is 1.12. The average molecular weight is 799 g/mol. The van der Waals surface area contributed by atoms with Crippen LogP contribution in [0, 0.1) is 25.2 Å². The van der Waals surface area contributed by atoms with Crippen LogP contribution in [0.2, 0.25) is 0 Å². The third-order valence-electron chi connectivity index (χ3n) is 12.8. The second-order valence-electron chi connectivity index (χ2n) is 16.3. The van der Waals surface area contributed by atoms with E-state index in [1.807, 2.05) is 83.8 Å². The SMILES string of the molecule is Cc1c(N(C(=O)c2cc(-c3cc4c(cc3C(=O)N3Cc5ccccc5C[C@H]3C)CN(C(=O)C3Cc5ccccc5O3)CC4)n(C)c2C)c2ccc(O)cc2)cc(C#N)n1C. The molecular weight excluding hydrogens is 753 g/mol. The maximum Gasteiger partial charge on any atom is 0.264 e. The molecule has 0 fully saturated rings. The van der Waals surface area contributed by atoms with E-state index in [1.165, 1.54) is 17.7 Å². The molecule has 2 aromatic heterocycles. The first-order valence-electron chi connectivity index (χ1n) is 20.3. The first-order chi connectivity index (χ1) is 28.9. The molecule has 1 N–H and O–H groups in total. The van der Waals surface area contributed by atoms with Gasteiger partial charge >= 0.3 is 0 Å². The van der Waals surface area contributed by atoms with E-state index in [-0.39, 0.29) is 29.5 Å². The Bertz CT molecular complexity index is 2750. The topological polar surface area (TPSA) is 124 Å². The van der Waals surface area contributed by atoms with Crippen molar-refractivity contribution in [2.45, 2.75) is 65.3 Å². The van der Waals surface area contributed by atoms with E-state index >= 15 is 4.79 Å². The molecule has 302 valence electrons. The van der Waals surface area contributed by atoms with E-state index in [2.05, 4.69) is 31.2 Å². The molecule has 0 radical (unpaired) electrons. The zero-order chi connectivity index (χ0) is 42.0. The van der Waals surface area contributed by atoms with Gasteiger partial charge in [0.25, 0.3) is 17.7 Å². The van der Waals surface area contributed by atoms with Gasteiger partial charge in [-0.15, -0.1) is 0 Å². The molecule has 0 saturated heterocycles. The highest BCUT2D eigenvalue weighted by molar-refractivity contribution is 6.13. The predicted octanol–water partition coefficient (Wildman–Crippen LogP) is 7.68. The molecule has 6 aromatic rings. The van der Waals surface area contributed by atoms with E-state index in [0.29, 0.717) is 77.6 Å². The molecular formula is C49H46N6O5. The predicted molar refractivity (Wildman–Crippen MR) is 228 cm³/mol. The van der Waals surface area contributed by atoms with Gasteiger partial charge in [0.15, 0.2) is 6.10 Å². The highest BCUT2D eigenvalue weighted by atomic mass is 16.5. The van der Waals surface area contributed by atoms with Crippen LogP contribution in [0.3, 0.4) is 0 Å². The van der Waals surface area contributed by atoms with Crippen LogP contribution >= 0.6 is 0 Å². The molecule has 60 heavy (non-hydrogen) atoms. The minimum atomic E-state index is -0.590. The minimum Gasteiger partial charge on any atom is -0.508 e. The number of nitriles is 1. The number of nitrogens with zero attached hydrogens (tertiary/aromatic N) is 6. The van der Waals surface area contributed by atoms with E-state index in [9.17, 15) is 20.0 Å². The quantitative estimate of drug-likeness (QED) is 0.185. The number of carbonyl (C=O) groups is 3. The van der Waals surface area contributed by atoms with E-state index in [4.69, 9.17) is 4.74 Å². The summed E-state index contributed by atoms with van der Waals surface area (Å²) in [7, 11) is 3.69. The van der Waals surface area contributed by atoms with Crippen LogP contribution in [0.15, 0.2) is 97.1 Å². The number of amides is 3. The maximum absolute atomic E-state index is 15.1. The summed E-state index contributed by atoms with van der Waals surface area (Å²) in [4.78, 5) is 49.4. The van der Waals surface area contributed by atoms with Gasteiger partial charge in [0.2, 0.25) is 0 Å². The molecule has 0 aliphatic carbocycles. The van der Waals surface area contributed by atoms with Crippen LogP contribution in [0.5, 0.6) is 11.5 Å². The van der Waals surface area contributed by atoms with Crippen molar-refractivity contribution in [3.05, 3.63) is 153 Å². The lowest BCUT2D eigenvalue weighted by Gasteiger charge is -2.36. The van der Waals surface area contributed by atoms with Crippen molar-refractivity contribution in [1.29, 1.82) is 5.26 Å². The number of aromatic nitrogens is 2. The molecule has 1 unspecified atom stereocenters. The molecule has 11 heteroatoms. The number of benzene rings is 4. The minimum absolute atomic E-state index is 0.0610. The van der Waals surface area contributed by atoms with Gasteiger partial charge in [0.1, 0.15) is 23.3 Å². The molecule has 3 aliphatic heterocycles. The van der Waals surface area contributed by atoms with Gasteiger partial charge in [-0.25, -0.2) is 0 Å². The van der Waals surface area contributed by atoms with Gasteiger partial charge in [-0.1, -0.05) is 42.5 Å². The number of fused-ring (bicyclic) bond motifs is 3. The first-order valence-corrected chi connectivity index (χ1v) is 20.3. The number of hydrogen-bond acceptors (Lipinski definition) is 6. The number of rotatable bonds is 6. The maximum atomic E-state index is 15.1. The summed E-state index contributed by atoms with van der Waals surface area (Å²) in [6, 6.07) is 32.2. The Labute approximate surface area is 349 Å². The molecule has 2 atom stereocenters. The third kappa shape index (κ3) is 6.49. The molecule has 11 nitrogen and oxygen atoms in total. The third-order valence-corrected chi connectivity index (χ3v) is 12.8. The van der Waals surface area contributed by atoms with Gasteiger partial charge in [-0.05, 0) is 116 Å². The van der Waals surface area contributed by atoms with Crippen LogP contribution in [-0.4, -0.2) is 60.5 Å². The fraction of sp³-hybridized carbons (Fsp3) is 0.265. The standard InChI is InChI=1S/C49H46N6O5/c1-29-20-32-10-6-7-12-35(32)28-54(29)47(57)42-22-36-27-53(49(59)46-23-34-11-8-9-13-45(34)60-46)19-18-33(36)21-41(42)44-25-40(30(2)52(44)5)48(58)55(37-14-16-39(56)17-15-37)43-24-38(26-50)51(4)31(43)3/h6-17,21-22,24-25,29,46,56H,18-20,23,27-28H2,1-5H3/t29-,46?/m1/s1. The summed E-state index contributed by atoms with van der Waals surface area (Å²) in [5.74, 6) is 0.304. The van der Waals surface area contributed by atoms with E-state index in [1.54, 1.807) is 34.7 Å². The molecule has 9 rings (SSSR count). The van der Waals surface area contributed by atoms with Crippen molar-refractivity contribution < 1.29 is 24.2 Å². The van der Waals surface area contributed by atoms with Crippen LogP contribution < -0.4 is 9.64 Å². The summed E-state index contributed by atoms with van der Waals surface area (Å²) in [6.07, 6.45) is 1.26. The van der Waals surface area contributed by atoms with Gasteiger partial charge in [0, 0.05) is 80.1 Å². The van der Waals surface area contributed by atoms with E-state index < -0.39 is 6.10 Å². The van der Waals surface area contributed by atoms with Crippen molar-refractivity contribution in [2.24, 2.45) is 14.1 Å². The smallest absolute Gasteiger partial charge is 0.264 e. The number of para-hydroxylation sites is 1. The van der Waals surface area contributed by atoms with Crippen molar-refractivity contribution in [1.82, 2.24) is 18.9 Å². The van der Waals surface area contributed by atoms with Gasteiger partial charge in [-0.3, -0.25) is 19.3 Å². The lowest BCUT2D eigenvalue weighted by Crippen LogP contribution is -2.44. The lowest BCUT2D eigenvalue weighted by molar-refractivity contribution is -0.138. The second-order valence-corrected chi connectivity index (χ2v) is 16.3. The fourth-order valence-corrected chi connectivity index (χ4v) is 9.09. The van der Waals surface area contributed by atoms with Crippen LogP contribution in [0.25, 0.3) is 11.3 Å². The molecule has 5 heterocycles. The Morgan fingerprint density at radius 3 is 2.22 bits per heavy atom. The molecule has 0 saturated carbocycles. The van der Waals surface area contributed by atoms with E-state index in [0.717, 1.165) is 40.1 Å². The van der Waals surface area contributed by atoms with Crippen LogP contribution in [0.4, 0.5) is 11.4 Å².